The summed E-state index contributed by atoms with van der Waals surface area (Å²) in [6.45, 7) is -0.585. The molecule has 0 aliphatic carbocycles. The van der Waals surface area contributed by atoms with Crippen LogP contribution >= 0.6 is 0 Å². The number of aromatic nitrogens is 6. The predicted molar refractivity (Wildman–Crippen MR) is 64.0 cm³/mol. The molecule has 22 heavy (non-hydrogen) atoms. The van der Waals surface area contributed by atoms with Gasteiger partial charge in [-0.3, -0.25) is 9.78 Å². The molecule has 0 amide bonds. The van der Waals surface area contributed by atoms with Crippen molar-refractivity contribution in [3.05, 3.63) is 38.9 Å². The van der Waals surface area contributed by atoms with Crippen LogP contribution in [0.2, 0.25) is 0 Å². The highest BCUT2D eigenvalue weighted by atomic mass is 19.4. The van der Waals surface area contributed by atoms with Crippen LogP contribution in [-0.4, -0.2) is 29.3 Å². The van der Waals surface area contributed by atoms with Gasteiger partial charge in [0, 0.05) is 7.05 Å². The van der Waals surface area contributed by atoms with Gasteiger partial charge in [0.15, 0.2) is 11.2 Å². The Bertz CT molecular complexity index is 963. The Morgan fingerprint density at radius 3 is 2.68 bits per heavy atom. The Labute approximate surface area is 118 Å². The first kappa shape index (κ1) is 14.0. The van der Waals surface area contributed by atoms with Crippen molar-refractivity contribution in [3.8, 4) is 0 Å². The lowest BCUT2D eigenvalue weighted by Crippen LogP contribution is -2.36. The van der Waals surface area contributed by atoms with E-state index in [-0.39, 0.29) is 11.2 Å². The number of hydrogen-bond acceptors (Lipinski definition) is 6. The summed E-state index contributed by atoms with van der Waals surface area (Å²) in [7, 11) is 1.54. The highest BCUT2D eigenvalue weighted by Crippen LogP contribution is 2.27. The first-order valence-corrected chi connectivity index (χ1v) is 5.81. The first-order chi connectivity index (χ1) is 10.3. The van der Waals surface area contributed by atoms with Gasteiger partial charge in [0.05, 0.1) is 6.33 Å². The number of aryl methyl sites for hydroxylation is 1. The van der Waals surface area contributed by atoms with Crippen molar-refractivity contribution in [2.75, 3.05) is 0 Å². The van der Waals surface area contributed by atoms with Crippen molar-refractivity contribution in [1.29, 1.82) is 0 Å². The number of fused-ring (bicyclic) bond motifs is 1. The van der Waals surface area contributed by atoms with Crippen LogP contribution in [0.15, 0.2) is 20.3 Å². The summed E-state index contributed by atoms with van der Waals surface area (Å²) in [6.07, 6.45) is -3.48. The lowest BCUT2D eigenvalue weighted by molar-refractivity contribution is -0.157. The second-order valence-electron chi connectivity index (χ2n) is 4.37. The SMILES string of the molecule is Cn1cnc2[nH]c(=O)n(Cc3nnc(C(F)(F)F)o3)c(=O)c21. The molecular formula is C10H7F3N6O3. The molecular weight excluding hydrogens is 309 g/mol. The van der Waals surface area contributed by atoms with Crippen molar-refractivity contribution in [1.82, 2.24) is 29.3 Å². The van der Waals surface area contributed by atoms with E-state index in [2.05, 4.69) is 24.6 Å². The van der Waals surface area contributed by atoms with Crippen LogP contribution in [0.1, 0.15) is 11.8 Å². The average Bonchev–Trinajstić information content (AvgIpc) is 3.01. The summed E-state index contributed by atoms with van der Waals surface area (Å²) in [6, 6.07) is 0. The zero-order chi connectivity index (χ0) is 16.1. The number of halogens is 3. The zero-order valence-corrected chi connectivity index (χ0v) is 10.9. The molecule has 0 saturated carbocycles. The van der Waals surface area contributed by atoms with Gasteiger partial charge < -0.3 is 8.98 Å². The third-order valence-corrected chi connectivity index (χ3v) is 2.86. The summed E-state index contributed by atoms with van der Waals surface area (Å²) in [5, 5.41) is 6.00. The maximum absolute atomic E-state index is 12.4. The molecule has 3 rings (SSSR count). The van der Waals surface area contributed by atoms with Crippen LogP contribution in [-0.2, 0) is 19.8 Å². The van der Waals surface area contributed by atoms with Crippen LogP contribution in [0.3, 0.4) is 0 Å². The maximum atomic E-state index is 12.4. The Kier molecular flexibility index (Phi) is 2.90. The van der Waals surface area contributed by atoms with E-state index in [1.807, 2.05) is 0 Å². The number of aromatic amines is 1. The van der Waals surface area contributed by atoms with Crippen LogP contribution in [0.4, 0.5) is 13.2 Å². The predicted octanol–water partition coefficient (Wildman–Crippen LogP) is -0.127. The van der Waals surface area contributed by atoms with Gasteiger partial charge in [-0.15, -0.1) is 10.2 Å². The van der Waals surface area contributed by atoms with Crippen LogP contribution in [0.25, 0.3) is 11.2 Å². The lowest BCUT2D eigenvalue weighted by Gasteiger charge is -2.02. The van der Waals surface area contributed by atoms with Crippen LogP contribution in [0, 0.1) is 0 Å². The van der Waals surface area contributed by atoms with E-state index in [4.69, 9.17) is 0 Å². The minimum atomic E-state index is -4.80. The molecule has 9 nitrogen and oxygen atoms in total. The van der Waals surface area contributed by atoms with E-state index >= 15 is 0 Å². The first-order valence-electron chi connectivity index (χ1n) is 5.81. The van der Waals surface area contributed by atoms with Crippen LogP contribution in [0.5, 0.6) is 0 Å². The number of imidazole rings is 1. The summed E-state index contributed by atoms with van der Waals surface area (Å²) in [5.74, 6) is -2.06. The van der Waals surface area contributed by atoms with Crippen molar-refractivity contribution in [2.24, 2.45) is 7.05 Å². The fourth-order valence-electron chi connectivity index (χ4n) is 1.87. The maximum Gasteiger partial charge on any atom is 0.470 e. The molecule has 116 valence electrons. The monoisotopic (exact) mass is 316 g/mol. The minimum absolute atomic E-state index is 0.0789. The van der Waals surface area contributed by atoms with Gasteiger partial charge in [0.2, 0.25) is 5.89 Å². The van der Waals surface area contributed by atoms with E-state index in [0.29, 0.717) is 4.57 Å². The summed E-state index contributed by atoms with van der Waals surface area (Å²) >= 11 is 0. The van der Waals surface area contributed by atoms with E-state index < -0.39 is 35.8 Å². The number of rotatable bonds is 2. The second-order valence-corrected chi connectivity index (χ2v) is 4.37. The van der Waals surface area contributed by atoms with Crippen molar-refractivity contribution < 1.29 is 17.6 Å². The van der Waals surface area contributed by atoms with E-state index in [1.54, 1.807) is 0 Å². The topological polar surface area (TPSA) is 112 Å². The van der Waals surface area contributed by atoms with Gasteiger partial charge in [-0.2, -0.15) is 13.2 Å². The largest absolute Gasteiger partial charge is 0.470 e. The van der Waals surface area contributed by atoms with Crippen molar-refractivity contribution in [3.63, 3.8) is 0 Å². The van der Waals surface area contributed by atoms with Gasteiger partial charge in [-0.1, -0.05) is 0 Å². The number of nitrogens with one attached hydrogen (secondary N) is 1. The fraction of sp³-hybridized carbons (Fsp3) is 0.300. The average molecular weight is 316 g/mol. The fourth-order valence-corrected chi connectivity index (χ4v) is 1.87. The Morgan fingerprint density at radius 1 is 1.32 bits per heavy atom. The van der Waals surface area contributed by atoms with Crippen LogP contribution < -0.4 is 11.2 Å². The highest BCUT2D eigenvalue weighted by molar-refractivity contribution is 5.68. The van der Waals surface area contributed by atoms with E-state index in [9.17, 15) is 22.8 Å². The molecule has 3 heterocycles. The van der Waals surface area contributed by atoms with Gasteiger partial charge in [-0.05, 0) is 0 Å². The third kappa shape index (κ3) is 2.17. The summed E-state index contributed by atoms with van der Waals surface area (Å²) < 4.78 is 43.5. The Hall–Kier alpha value is -2.92. The van der Waals surface area contributed by atoms with Gasteiger partial charge in [0.25, 0.3) is 5.56 Å². The molecule has 0 saturated heterocycles. The molecule has 0 bridgehead atoms. The normalized spacial score (nSPS) is 12.2. The van der Waals surface area contributed by atoms with Gasteiger partial charge in [-0.25, -0.2) is 14.3 Å². The number of nitrogens with zero attached hydrogens (tertiary/aromatic N) is 5. The molecule has 0 aliphatic rings. The Balaban J connectivity index is 2.08. The number of alkyl halides is 3. The smallest absolute Gasteiger partial charge is 0.415 e. The molecule has 0 fully saturated rings. The van der Waals surface area contributed by atoms with E-state index in [1.165, 1.54) is 17.9 Å². The minimum Gasteiger partial charge on any atom is -0.415 e. The molecule has 0 aromatic carbocycles. The second kappa shape index (κ2) is 4.54. The number of hydrogen-bond donors (Lipinski definition) is 1. The van der Waals surface area contributed by atoms with Crippen molar-refractivity contribution in [2.45, 2.75) is 12.7 Å². The molecule has 0 atom stereocenters. The highest BCUT2D eigenvalue weighted by Gasteiger charge is 2.38. The molecule has 0 aliphatic heterocycles. The zero-order valence-electron chi connectivity index (χ0n) is 10.9. The summed E-state index contributed by atoms with van der Waals surface area (Å²) in [5.41, 5.74) is -1.40. The van der Waals surface area contributed by atoms with E-state index in [0.717, 1.165) is 0 Å². The van der Waals surface area contributed by atoms with Gasteiger partial charge in [0.1, 0.15) is 6.54 Å². The van der Waals surface area contributed by atoms with Gasteiger partial charge >= 0.3 is 17.8 Å². The van der Waals surface area contributed by atoms with Crippen molar-refractivity contribution >= 4 is 11.2 Å². The summed E-state index contributed by atoms with van der Waals surface area (Å²) in [4.78, 5) is 30.2. The molecule has 0 radical (unpaired) electrons. The quantitative estimate of drug-likeness (QED) is 0.705. The standard InChI is InChI=1S/C10H7F3N6O3/c1-18-3-14-6-5(18)7(20)19(9(21)15-6)2-4-16-17-8(22-4)10(11,12)13/h3H,2H2,1H3,(H,15,21). The Morgan fingerprint density at radius 2 is 2.05 bits per heavy atom. The lowest BCUT2D eigenvalue weighted by atomic mass is 10.5. The molecule has 3 aromatic heterocycles. The number of H-pyrrole nitrogens is 1. The molecule has 0 unspecified atom stereocenters. The molecule has 12 heteroatoms. The third-order valence-electron chi connectivity index (χ3n) is 2.86. The molecule has 3 aromatic rings. The molecule has 1 N–H and O–H groups in total. The molecule has 0 spiro atoms.